The number of fused-ring (bicyclic) bond motifs is 8. The number of hydrogen-bond donors (Lipinski definition) is 4. The molecule has 53 heavy (non-hydrogen) atoms. The third-order valence-electron chi connectivity index (χ3n) is 9.68. The van der Waals surface area contributed by atoms with E-state index in [1.807, 2.05) is 97.1 Å². The van der Waals surface area contributed by atoms with E-state index in [-0.39, 0.29) is 16.8 Å². The molecule has 0 unspecified atom stereocenters. The van der Waals surface area contributed by atoms with Crippen LogP contribution < -0.4 is 43.6 Å². The fourth-order valence-corrected chi connectivity index (χ4v) is 7.15. The van der Waals surface area contributed by atoms with Gasteiger partial charge in [0.2, 0.25) is 0 Å². The second-order valence-electron chi connectivity index (χ2n) is 13.1. The van der Waals surface area contributed by atoms with Gasteiger partial charge in [-0.1, -0.05) is 96.1 Å². The molecule has 8 bridgehead atoms. The van der Waals surface area contributed by atoms with Crippen LogP contribution in [0, 0.1) is 0 Å². The van der Waals surface area contributed by atoms with Crippen LogP contribution in [0.2, 0.25) is 0 Å². The maximum absolute atomic E-state index is 6.15. The molecule has 0 saturated carbocycles. The van der Waals surface area contributed by atoms with Gasteiger partial charge in [-0.3, -0.25) is 0 Å². The van der Waals surface area contributed by atoms with Gasteiger partial charge in [-0.2, -0.15) is 0 Å². The van der Waals surface area contributed by atoms with Crippen LogP contribution in [0.1, 0.15) is 46.5 Å². The average molecular weight is 734 g/mol. The van der Waals surface area contributed by atoms with Crippen LogP contribution in [-0.4, -0.2) is 0 Å². The molecule has 8 nitrogen and oxygen atoms in total. The van der Waals surface area contributed by atoms with Crippen LogP contribution in [0.3, 0.4) is 0 Å². The van der Waals surface area contributed by atoms with E-state index in [0.29, 0.717) is 35.6 Å². The van der Waals surface area contributed by atoms with Crippen LogP contribution >= 0.6 is 0 Å². The van der Waals surface area contributed by atoms with Crippen LogP contribution in [-0.2, 0) is 16.8 Å². The first-order valence-corrected chi connectivity index (χ1v) is 17.2. The Bertz CT molecular complexity index is 2440. The maximum atomic E-state index is 6.15. The molecule has 0 atom stereocenters. The second kappa shape index (κ2) is 13.5. The number of aromatic nitrogens is 2. The fraction of sp³-hybridized carbons (Fsp3) is 0.0455. The summed E-state index contributed by atoms with van der Waals surface area (Å²) < 4.78 is 0. The zero-order valence-corrected chi connectivity index (χ0v) is 29.6. The zero-order valence-electron chi connectivity index (χ0n) is 28.5. The van der Waals surface area contributed by atoms with Crippen molar-refractivity contribution in [2.45, 2.75) is 12.8 Å². The van der Waals surface area contributed by atoms with Gasteiger partial charge in [-0.25, -0.2) is 0 Å². The Balaban J connectivity index is 0.00000400. The van der Waals surface area contributed by atoms with Crippen molar-refractivity contribution in [2.75, 3.05) is 22.9 Å². The van der Waals surface area contributed by atoms with Crippen LogP contribution in [0.5, 0.6) is 0 Å². The third kappa shape index (κ3) is 6.22. The van der Waals surface area contributed by atoms with Crippen molar-refractivity contribution in [3.8, 4) is 0 Å². The normalized spacial score (nSPS) is 15.1. The number of benzene rings is 4. The molecule has 9 heteroatoms. The molecule has 0 spiro atoms. The standard InChI is InChI=1S/C44H34N8.Co/c45-29-9-1-25(2-10-29)41-33-17-19-35(49-33)42(26-3-11-30(46)12-4-26)37-21-23-39(51-37)44(28-7-15-32(48)16-8-28)40-24-22-38(52-40)43(36-20-18-34(41)50-36)27-5-13-31(47)14-6-27;/h1-19,21-22,24H,20,23,45-48H2;/q-4;+2. The van der Waals surface area contributed by atoms with Crippen molar-refractivity contribution < 1.29 is 16.8 Å². The van der Waals surface area contributed by atoms with E-state index in [0.717, 1.165) is 89.4 Å². The van der Waals surface area contributed by atoms with E-state index in [9.17, 15) is 0 Å². The minimum atomic E-state index is 0. The zero-order chi connectivity index (χ0) is 35.3. The largest absolute Gasteiger partial charge is 2.00 e. The molecule has 261 valence electrons. The summed E-state index contributed by atoms with van der Waals surface area (Å²) in [5.41, 5.74) is 40.1. The molecule has 3 aliphatic rings. The molecule has 0 amide bonds. The first-order valence-electron chi connectivity index (χ1n) is 17.2. The summed E-state index contributed by atoms with van der Waals surface area (Å²) in [6.45, 7) is 0. The molecular formula is C44H34CoN8-2. The Morgan fingerprint density at radius 2 is 0.679 bits per heavy atom. The van der Waals surface area contributed by atoms with E-state index < -0.39 is 0 Å². The Morgan fingerprint density at radius 3 is 1.02 bits per heavy atom. The number of nitrogen functional groups attached to an aromatic ring is 4. The monoisotopic (exact) mass is 733 g/mol. The number of anilines is 4. The number of hydrogen-bond acceptors (Lipinski definition) is 4. The van der Waals surface area contributed by atoms with Crippen LogP contribution in [0.25, 0.3) is 32.9 Å². The van der Waals surface area contributed by atoms with Crippen molar-refractivity contribution in [1.82, 2.24) is 9.97 Å². The molecular weight excluding hydrogens is 699 g/mol. The van der Waals surface area contributed by atoms with Gasteiger partial charge in [-0.05, 0) is 94.8 Å². The molecule has 6 aromatic rings. The topological polar surface area (TPSA) is 160 Å². The Hall–Kier alpha value is -6.55. The summed E-state index contributed by atoms with van der Waals surface area (Å²) in [6.07, 6.45) is 5.56. The predicted molar refractivity (Wildman–Crippen MR) is 211 cm³/mol. The molecule has 2 aromatic heterocycles. The molecule has 9 rings (SSSR count). The van der Waals surface area contributed by atoms with Crippen LogP contribution in [0.15, 0.2) is 156 Å². The van der Waals surface area contributed by atoms with Crippen molar-refractivity contribution >= 4 is 45.0 Å². The third-order valence-corrected chi connectivity index (χ3v) is 9.68. The van der Waals surface area contributed by atoms with Crippen molar-refractivity contribution in [3.05, 3.63) is 211 Å². The fourth-order valence-electron chi connectivity index (χ4n) is 7.15. The molecule has 3 aliphatic heterocycles. The molecule has 5 heterocycles. The van der Waals surface area contributed by atoms with Gasteiger partial charge in [0.05, 0.1) is 0 Å². The van der Waals surface area contributed by atoms with Gasteiger partial charge in [0.25, 0.3) is 0 Å². The Labute approximate surface area is 317 Å². The predicted octanol–water partition coefficient (Wildman–Crippen LogP) is 6.88. The van der Waals surface area contributed by atoms with Crippen molar-refractivity contribution in [1.29, 1.82) is 0 Å². The Morgan fingerprint density at radius 1 is 0.358 bits per heavy atom. The number of nitrogens with two attached hydrogens (primary N) is 4. The smallest absolute Gasteiger partial charge is 0.660 e. The quantitative estimate of drug-likeness (QED) is 0.145. The van der Waals surface area contributed by atoms with Gasteiger partial charge in [0.15, 0.2) is 0 Å². The summed E-state index contributed by atoms with van der Waals surface area (Å²) in [7, 11) is 0. The average Bonchev–Trinajstić information content (AvgIpc) is 3.99. The summed E-state index contributed by atoms with van der Waals surface area (Å²) in [5, 5.41) is 12.3. The van der Waals surface area contributed by atoms with E-state index >= 15 is 0 Å². The van der Waals surface area contributed by atoms with E-state index in [1.54, 1.807) is 0 Å². The molecule has 4 aromatic carbocycles. The van der Waals surface area contributed by atoms with Crippen LogP contribution in [0.4, 0.5) is 22.7 Å². The molecule has 8 N–H and O–H groups in total. The van der Waals surface area contributed by atoms with Crippen molar-refractivity contribution in [2.24, 2.45) is 0 Å². The molecule has 0 saturated heterocycles. The van der Waals surface area contributed by atoms with Gasteiger partial charge >= 0.3 is 16.8 Å². The van der Waals surface area contributed by atoms with Gasteiger partial charge in [0.1, 0.15) is 0 Å². The molecule has 0 fully saturated rings. The summed E-state index contributed by atoms with van der Waals surface area (Å²) in [6, 6.07) is 39.8. The van der Waals surface area contributed by atoms with E-state index in [2.05, 4.69) is 36.4 Å². The number of allylic oxidation sites excluding steroid dienone is 4. The minimum Gasteiger partial charge on any atom is -0.660 e. The van der Waals surface area contributed by atoms with E-state index in [4.69, 9.17) is 43.5 Å². The SMILES string of the molecule is Nc1ccc(C2=C3CC=C([N-]3)C(c3ccc(N)cc3)=c3ccc([n-]3)=C(c3ccc(N)cc3)C3=CCC(=C(c4ccc(N)cc4)c4ccc2[n-]4)[N-]3)cc1.[Co+2]. The first kappa shape index (κ1) is 33.6. The molecule has 0 aliphatic carbocycles. The number of rotatable bonds is 4. The van der Waals surface area contributed by atoms with Gasteiger partial charge in [0, 0.05) is 22.7 Å². The van der Waals surface area contributed by atoms with E-state index in [1.165, 1.54) is 0 Å². The summed E-state index contributed by atoms with van der Waals surface area (Å²) in [4.78, 5) is 10.6. The summed E-state index contributed by atoms with van der Waals surface area (Å²) >= 11 is 0. The molecule has 1 radical (unpaired) electrons. The summed E-state index contributed by atoms with van der Waals surface area (Å²) in [5.74, 6) is 0. The van der Waals surface area contributed by atoms with Gasteiger partial charge < -0.3 is 43.5 Å². The first-order chi connectivity index (χ1) is 25.4. The second-order valence-corrected chi connectivity index (χ2v) is 13.1. The number of nitrogens with zero attached hydrogens (tertiary/aromatic N) is 4. The minimum absolute atomic E-state index is 0. The van der Waals surface area contributed by atoms with Crippen molar-refractivity contribution in [3.63, 3.8) is 0 Å². The Kier molecular flexibility index (Phi) is 8.58. The maximum Gasteiger partial charge on any atom is 2.00 e. The van der Waals surface area contributed by atoms with Gasteiger partial charge in [-0.15, -0.1) is 44.9 Å².